The summed E-state index contributed by atoms with van der Waals surface area (Å²) < 4.78 is 11.2. The Morgan fingerprint density at radius 3 is 2.52 bits per heavy atom. The van der Waals surface area contributed by atoms with Crippen molar-refractivity contribution in [3.63, 3.8) is 0 Å². The third-order valence-electron chi connectivity index (χ3n) is 2.96. The normalized spacial score (nSPS) is 10.6. The highest BCUT2D eigenvalue weighted by Gasteiger charge is 1.97. The fourth-order valence-corrected chi connectivity index (χ4v) is 2.16. The summed E-state index contributed by atoms with van der Waals surface area (Å²) in [6, 6.07) is 15.7. The summed E-state index contributed by atoms with van der Waals surface area (Å²) in [4.78, 5) is 0. The lowest BCUT2D eigenvalue weighted by Crippen LogP contribution is -2.07. The van der Waals surface area contributed by atoms with Gasteiger partial charge in [0.2, 0.25) is 0 Å². The van der Waals surface area contributed by atoms with E-state index in [1.54, 1.807) is 0 Å². The maximum atomic E-state index is 5.92. The summed E-state index contributed by atoms with van der Waals surface area (Å²) >= 11 is 5.92. The van der Waals surface area contributed by atoms with Crippen molar-refractivity contribution in [3.8, 4) is 5.75 Å². The van der Waals surface area contributed by atoms with E-state index in [0.717, 1.165) is 22.9 Å². The quantitative estimate of drug-likeness (QED) is 0.755. The largest absolute Gasteiger partial charge is 0.491 e. The van der Waals surface area contributed by atoms with Gasteiger partial charge in [-0.2, -0.15) is 0 Å². The topological polar surface area (TPSA) is 30.5 Å². The van der Waals surface area contributed by atoms with Crippen LogP contribution in [0.5, 0.6) is 5.75 Å². The summed E-state index contributed by atoms with van der Waals surface area (Å²) in [5, 5.41) is 3.84. The van der Waals surface area contributed by atoms with Crippen molar-refractivity contribution in [1.82, 2.24) is 5.32 Å². The van der Waals surface area contributed by atoms with E-state index in [0.29, 0.717) is 19.8 Å². The van der Waals surface area contributed by atoms with E-state index >= 15 is 0 Å². The molecule has 112 valence electrons. The Morgan fingerprint density at radius 1 is 1.00 bits per heavy atom. The minimum atomic E-state index is 0.534. The van der Waals surface area contributed by atoms with Crippen LogP contribution in [0.3, 0.4) is 0 Å². The molecule has 2 aromatic carbocycles. The molecule has 0 saturated heterocycles. The molecular weight excluding hydrogens is 286 g/mol. The molecule has 0 heterocycles. The van der Waals surface area contributed by atoms with Gasteiger partial charge < -0.3 is 14.8 Å². The minimum absolute atomic E-state index is 0.534. The Balaban J connectivity index is 1.65. The molecule has 4 heteroatoms. The number of rotatable bonds is 8. The Morgan fingerprint density at radius 2 is 1.81 bits per heavy atom. The van der Waals surface area contributed by atoms with Crippen LogP contribution in [0.2, 0.25) is 5.02 Å². The highest BCUT2D eigenvalue weighted by Crippen LogP contribution is 2.13. The summed E-state index contributed by atoms with van der Waals surface area (Å²) in [6.07, 6.45) is 0. The van der Waals surface area contributed by atoms with E-state index in [-0.39, 0.29) is 0 Å². The van der Waals surface area contributed by atoms with E-state index in [1.807, 2.05) is 43.4 Å². The first kappa shape index (κ1) is 15.8. The molecule has 0 radical (unpaired) electrons. The van der Waals surface area contributed by atoms with Crippen molar-refractivity contribution in [2.45, 2.75) is 13.2 Å². The third-order valence-corrected chi connectivity index (χ3v) is 3.19. The van der Waals surface area contributed by atoms with Gasteiger partial charge >= 0.3 is 0 Å². The second-order valence-electron chi connectivity index (χ2n) is 4.71. The van der Waals surface area contributed by atoms with E-state index in [9.17, 15) is 0 Å². The van der Waals surface area contributed by atoms with E-state index in [4.69, 9.17) is 21.1 Å². The predicted octanol–water partition coefficient (Wildman–Crippen LogP) is 3.66. The molecule has 0 unspecified atom stereocenters. The van der Waals surface area contributed by atoms with Gasteiger partial charge in [0.05, 0.1) is 13.2 Å². The molecule has 0 atom stereocenters. The smallest absolute Gasteiger partial charge is 0.119 e. The molecule has 0 spiro atoms. The lowest BCUT2D eigenvalue weighted by atomic mass is 10.2. The molecule has 0 saturated carbocycles. The molecule has 0 aliphatic carbocycles. The highest BCUT2D eigenvalue weighted by molar-refractivity contribution is 6.30. The number of benzene rings is 2. The summed E-state index contributed by atoms with van der Waals surface area (Å²) in [7, 11) is 1.93. The molecule has 0 aliphatic heterocycles. The number of hydrogen-bond donors (Lipinski definition) is 1. The first-order valence-corrected chi connectivity index (χ1v) is 7.34. The monoisotopic (exact) mass is 305 g/mol. The standard InChI is InChI=1S/C17H20ClNO2/c1-19-12-14-5-7-17(8-6-14)21-10-9-20-13-15-3-2-4-16(18)11-15/h2-8,11,19H,9-10,12-13H2,1H3. The first-order valence-electron chi connectivity index (χ1n) is 6.96. The summed E-state index contributed by atoms with van der Waals surface area (Å²) in [5.41, 5.74) is 2.31. The second kappa shape index (κ2) is 8.67. The average Bonchev–Trinajstić information content (AvgIpc) is 2.49. The van der Waals surface area contributed by atoms with Crippen molar-refractivity contribution in [2.24, 2.45) is 0 Å². The van der Waals surface area contributed by atoms with Gasteiger partial charge in [-0.3, -0.25) is 0 Å². The highest BCUT2D eigenvalue weighted by atomic mass is 35.5. The van der Waals surface area contributed by atoms with E-state index in [1.165, 1.54) is 5.56 Å². The van der Waals surface area contributed by atoms with Crippen LogP contribution in [0.15, 0.2) is 48.5 Å². The summed E-state index contributed by atoms with van der Waals surface area (Å²) in [5.74, 6) is 0.862. The molecule has 2 rings (SSSR count). The molecule has 0 fully saturated rings. The summed E-state index contributed by atoms with van der Waals surface area (Å²) in [6.45, 7) is 2.49. The number of ether oxygens (including phenoxy) is 2. The van der Waals surface area contributed by atoms with Crippen molar-refractivity contribution in [3.05, 3.63) is 64.7 Å². The van der Waals surface area contributed by atoms with Crippen LogP contribution < -0.4 is 10.1 Å². The lowest BCUT2D eigenvalue weighted by molar-refractivity contribution is 0.0889. The Kier molecular flexibility index (Phi) is 6.54. The fourth-order valence-electron chi connectivity index (χ4n) is 1.94. The molecule has 3 nitrogen and oxygen atoms in total. The van der Waals surface area contributed by atoms with Gasteiger partial charge in [0.1, 0.15) is 12.4 Å². The van der Waals surface area contributed by atoms with Crippen molar-refractivity contribution in [1.29, 1.82) is 0 Å². The van der Waals surface area contributed by atoms with Gasteiger partial charge in [0, 0.05) is 11.6 Å². The Labute approximate surface area is 130 Å². The van der Waals surface area contributed by atoms with Gasteiger partial charge in [-0.15, -0.1) is 0 Å². The SMILES string of the molecule is CNCc1ccc(OCCOCc2cccc(Cl)c2)cc1. The zero-order valence-corrected chi connectivity index (χ0v) is 12.9. The van der Waals surface area contributed by atoms with E-state index in [2.05, 4.69) is 17.4 Å². The van der Waals surface area contributed by atoms with Gasteiger partial charge in [-0.25, -0.2) is 0 Å². The van der Waals surface area contributed by atoms with Gasteiger partial charge in [0.25, 0.3) is 0 Å². The zero-order chi connectivity index (χ0) is 14.9. The van der Waals surface area contributed by atoms with E-state index < -0.39 is 0 Å². The molecule has 0 amide bonds. The molecule has 0 aliphatic rings. The molecule has 21 heavy (non-hydrogen) atoms. The second-order valence-corrected chi connectivity index (χ2v) is 5.14. The molecule has 0 bridgehead atoms. The maximum Gasteiger partial charge on any atom is 0.119 e. The lowest BCUT2D eigenvalue weighted by Gasteiger charge is -2.08. The third kappa shape index (κ3) is 5.76. The van der Waals surface area contributed by atoms with Gasteiger partial charge in [-0.05, 0) is 42.4 Å². The first-order chi connectivity index (χ1) is 10.3. The molecule has 2 aromatic rings. The van der Waals surface area contributed by atoms with Crippen LogP contribution in [-0.4, -0.2) is 20.3 Å². The van der Waals surface area contributed by atoms with Crippen LogP contribution in [-0.2, 0) is 17.9 Å². The number of halogens is 1. The number of nitrogens with one attached hydrogen (secondary N) is 1. The van der Waals surface area contributed by atoms with Gasteiger partial charge in [-0.1, -0.05) is 35.9 Å². The average molecular weight is 306 g/mol. The molecule has 1 N–H and O–H groups in total. The van der Waals surface area contributed by atoms with Crippen LogP contribution in [0.4, 0.5) is 0 Å². The van der Waals surface area contributed by atoms with Crippen molar-refractivity contribution >= 4 is 11.6 Å². The van der Waals surface area contributed by atoms with Crippen molar-refractivity contribution in [2.75, 3.05) is 20.3 Å². The Hall–Kier alpha value is -1.55. The zero-order valence-electron chi connectivity index (χ0n) is 12.1. The fraction of sp³-hybridized carbons (Fsp3) is 0.294. The minimum Gasteiger partial charge on any atom is -0.491 e. The number of hydrogen-bond acceptors (Lipinski definition) is 3. The van der Waals surface area contributed by atoms with Gasteiger partial charge in [0.15, 0.2) is 0 Å². The van der Waals surface area contributed by atoms with Crippen LogP contribution in [0.1, 0.15) is 11.1 Å². The maximum absolute atomic E-state index is 5.92. The van der Waals surface area contributed by atoms with Crippen LogP contribution in [0.25, 0.3) is 0 Å². The van der Waals surface area contributed by atoms with Crippen LogP contribution in [0, 0.1) is 0 Å². The Bertz CT molecular complexity index is 543. The van der Waals surface area contributed by atoms with Crippen LogP contribution >= 0.6 is 11.6 Å². The molecular formula is C17H20ClNO2. The predicted molar refractivity (Wildman–Crippen MR) is 85.8 cm³/mol. The molecule has 0 aromatic heterocycles. The van der Waals surface area contributed by atoms with Crippen molar-refractivity contribution < 1.29 is 9.47 Å².